The van der Waals surface area contributed by atoms with E-state index in [9.17, 15) is 24.9 Å². The van der Waals surface area contributed by atoms with E-state index >= 15 is 0 Å². The van der Waals surface area contributed by atoms with Gasteiger partial charge in [-0.2, -0.15) is 0 Å². The molecule has 1 amide bonds. The van der Waals surface area contributed by atoms with Crippen LogP contribution in [0.25, 0.3) is 0 Å². The summed E-state index contributed by atoms with van der Waals surface area (Å²) in [6, 6.07) is -0.639. The number of aliphatic carboxylic acids is 1. The molecule has 1 saturated heterocycles. The first kappa shape index (κ1) is 25.5. The highest BCUT2D eigenvalue weighted by Gasteiger charge is 2.62. The smallest absolute Gasteiger partial charge is 0.326 e. The van der Waals surface area contributed by atoms with Gasteiger partial charge >= 0.3 is 5.97 Å². The third kappa shape index (κ3) is 4.15. The summed E-state index contributed by atoms with van der Waals surface area (Å²) in [6.45, 7) is 7.80. The molecular weight excluding hydrogens is 442 g/mol. The quantitative estimate of drug-likeness (QED) is 0.529. The van der Waals surface area contributed by atoms with Crippen LogP contribution in [-0.2, 0) is 9.59 Å². The first-order valence-electron chi connectivity index (χ1n) is 14.4. The molecule has 6 nitrogen and oxygen atoms in total. The van der Waals surface area contributed by atoms with E-state index < -0.39 is 12.0 Å². The summed E-state index contributed by atoms with van der Waals surface area (Å²) in [6.07, 6.45) is 10.6. The molecule has 6 heteroatoms. The van der Waals surface area contributed by atoms with Gasteiger partial charge in [0, 0.05) is 13.0 Å². The number of rotatable bonds is 5. The lowest BCUT2D eigenvalue weighted by Crippen LogP contribution is -2.58. The van der Waals surface area contributed by atoms with E-state index in [1.54, 1.807) is 4.90 Å². The van der Waals surface area contributed by atoms with Crippen LogP contribution in [0.3, 0.4) is 0 Å². The molecular formula is C29H47NO5. The Hall–Kier alpha value is -1.14. The van der Waals surface area contributed by atoms with Crippen molar-refractivity contribution in [2.45, 2.75) is 116 Å². The van der Waals surface area contributed by atoms with Crippen LogP contribution in [0, 0.1) is 46.3 Å². The molecule has 35 heavy (non-hydrogen) atoms. The Bertz CT molecular complexity index is 832. The third-order valence-corrected chi connectivity index (χ3v) is 12.1. The molecule has 0 spiro atoms. The maximum atomic E-state index is 12.9. The van der Waals surface area contributed by atoms with Crippen LogP contribution >= 0.6 is 0 Å². The van der Waals surface area contributed by atoms with Gasteiger partial charge in [0.25, 0.3) is 0 Å². The fourth-order valence-electron chi connectivity index (χ4n) is 10.2. The van der Waals surface area contributed by atoms with E-state index in [4.69, 9.17) is 0 Å². The average molecular weight is 490 g/mol. The Balaban J connectivity index is 1.26. The first-order chi connectivity index (χ1) is 16.6. The van der Waals surface area contributed by atoms with Gasteiger partial charge in [0.2, 0.25) is 5.91 Å². The van der Waals surface area contributed by atoms with E-state index in [0.29, 0.717) is 54.9 Å². The SMILES string of the molecule is CC(CCC(=O)N1CCC[C@H]1C(=O)O)C1CC[C@H]2[C@@H]3[C@@H](O)CC4C[C@H](O)CC[C@]4(C)[C@H]3CC[C@]12C. The Morgan fingerprint density at radius 3 is 2.43 bits per heavy atom. The molecule has 11 atom stereocenters. The number of carbonyl (C=O) groups is 2. The van der Waals surface area contributed by atoms with Gasteiger partial charge in [-0.15, -0.1) is 0 Å². The van der Waals surface area contributed by atoms with Crippen LogP contribution in [-0.4, -0.2) is 56.9 Å². The van der Waals surface area contributed by atoms with E-state index in [1.165, 1.54) is 25.7 Å². The fourth-order valence-corrected chi connectivity index (χ4v) is 10.2. The van der Waals surface area contributed by atoms with Crippen LogP contribution < -0.4 is 0 Å². The van der Waals surface area contributed by atoms with Gasteiger partial charge in [-0.1, -0.05) is 20.8 Å². The summed E-state index contributed by atoms with van der Waals surface area (Å²) in [7, 11) is 0. The molecule has 4 aliphatic carbocycles. The van der Waals surface area contributed by atoms with E-state index in [0.717, 1.165) is 38.5 Å². The number of carboxylic acid groups (broad SMARTS) is 1. The number of aliphatic hydroxyl groups is 2. The molecule has 0 aromatic carbocycles. The van der Waals surface area contributed by atoms with Gasteiger partial charge in [-0.3, -0.25) is 4.79 Å². The summed E-state index contributed by atoms with van der Waals surface area (Å²) >= 11 is 0. The predicted octanol–water partition coefficient (Wildman–Crippen LogP) is 4.47. The lowest BCUT2D eigenvalue weighted by atomic mass is 9.43. The molecule has 5 fully saturated rings. The van der Waals surface area contributed by atoms with Crippen LogP contribution in [0.4, 0.5) is 0 Å². The van der Waals surface area contributed by atoms with Crippen molar-refractivity contribution >= 4 is 11.9 Å². The number of aliphatic hydroxyl groups excluding tert-OH is 2. The second-order valence-corrected chi connectivity index (χ2v) is 13.6. The number of nitrogens with zero attached hydrogens (tertiary/aromatic N) is 1. The highest BCUT2D eigenvalue weighted by molar-refractivity contribution is 5.84. The first-order valence-corrected chi connectivity index (χ1v) is 14.4. The van der Waals surface area contributed by atoms with E-state index in [-0.39, 0.29) is 28.9 Å². The van der Waals surface area contributed by atoms with Crippen molar-refractivity contribution in [2.75, 3.05) is 6.54 Å². The van der Waals surface area contributed by atoms with Crippen LogP contribution in [0.2, 0.25) is 0 Å². The maximum Gasteiger partial charge on any atom is 0.326 e. The summed E-state index contributed by atoms with van der Waals surface area (Å²) < 4.78 is 0. The van der Waals surface area contributed by atoms with Gasteiger partial charge in [0.1, 0.15) is 6.04 Å². The minimum Gasteiger partial charge on any atom is -0.480 e. The summed E-state index contributed by atoms with van der Waals surface area (Å²) in [4.78, 5) is 26.0. The van der Waals surface area contributed by atoms with E-state index in [1.807, 2.05) is 0 Å². The van der Waals surface area contributed by atoms with Crippen molar-refractivity contribution in [3.05, 3.63) is 0 Å². The molecule has 5 rings (SSSR count). The minimum atomic E-state index is -0.874. The lowest BCUT2D eigenvalue weighted by Gasteiger charge is -2.62. The molecule has 1 aliphatic heterocycles. The molecule has 5 aliphatic rings. The zero-order valence-electron chi connectivity index (χ0n) is 22.0. The summed E-state index contributed by atoms with van der Waals surface area (Å²) in [5.74, 6) is 2.01. The van der Waals surface area contributed by atoms with Crippen LogP contribution in [0.5, 0.6) is 0 Å². The van der Waals surface area contributed by atoms with Gasteiger partial charge in [0.05, 0.1) is 12.2 Å². The molecule has 1 heterocycles. The highest BCUT2D eigenvalue weighted by Crippen LogP contribution is 2.68. The Morgan fingerprint density at radius 2 is 1.69 bits per heavy atom. The van der Waals surface area contributed by atoms with Crippen molar-refractivity contribution in [1.82, 2.24) is 4.90 Å². The zero-order valence-corrected chi connectivity index (χ0v) is 22.0. The van der Waals surface area contributed by atoms with Gasteiger partial charge in [-0.25, -0.2) is 4.79 Å². The third-order valence-electron chi connectivity index (χ3n) is 12.1. The van der Waals surface area contributed by atoms with Crippen molar-refractivity contribution in [2.24, 2.45) is 46.3 Å². The normalized spacial score (nSPS) is 48.1. The minimum absolute atomic E-state index is 0.00585. The van der Waals surface area contributed by atoms with Crippen molar-refractivity contribution < 1.29 is 24.9 Å². The van der Waals surface area contributed by atoms with Gasteiger partial charge < -0.3 is 20.2 Å². The number of fused-ring (bicyclic) bond motifs is 5. The molecule has 3 N–H and O–H groups in total. The highest BCUT2D eigenvalue weighted by atomic mass is 16.4. The number of likely N-dealkylation sites (tertiary alicyclic amines) is 1. The molecule has 0 radical (unpaired) electrons. The number of amides is 1. The monoisotopic (exact) mass is 489 g/mol. The van der Waals surface area contributed by atoms with Crippen LogP contribution in [0.15, 0.2) is 0 Å². The Labute approximate surface area is 210 Å². The lowest BCUT2D eigenvalue weighted by molar-refractivity contribution is -0.174. The largest absolute Gasteiger partial charge is 0.480 e. The van der Waals surface area contributed by atoms with Crippen LogP contribution in [0.1, 0.15) is 97.8 Å². The van der Waals surface area contributed by atoms with Crippen molar-refractivity contribution in [3.63, 3.8) is 0 Å². The van der Waals surface area contributed by atoms with Gasteiger partial charge in [-0.05, 0) is 117 Å². The molecule has 3 unspecified atom stereocenters. The second-order valence-electron chi connectivity index (χ2n) is 13.6. The topological polar surface area (TPSA) is 98.1 Å². The average Bonchev–Trinajstić information content (AvgIpc) is 3.43. The standard InChI is InChI=1S/C29H47NO5/c1-17(6-9-25(33)30-14-4-5-23(30)27(34)35)20-7-8-21-26-22(11-13-29(20,21)3)28(2)12-10-19(31)15-18(28)16-24(26)32/h17-24,26,31-32H,4-16H2,1-3H3,(H,34,35)/t17?,18?,19-,20?,21+,22+,23+,24+,26+,28+,29-/m1/s1. The number of carbonyl (C=O) groups excluding carboxylic acids is 1. The molecule has 0 aromatic rings. The number of carboxylic acids is 1. The second kappa shape index (κ2) is 9.31. The maximum absolute atomic E-state index is 12.9. The van der Waals surface area contributed by atoms with Gasteiger partial charge in [0.15, 0.2) is 0 Å². The van der Waals surface area contributed by atoms with E-state index in [2.05, 4.69) is 20.8 Å². The Kier molecular flexibility index (Phi) is 6.78. The van der Waals surface area contributed by atoms with Crippen molar-refractivity contribution in [3.8, 4) is 0 Å². The summed E-state index contributed by atoms with van der Waals surface area (Å²) in [5.41, 5.74) is 0.455. The predicted molar refractivity (Wildman–Crippen MR) is 133 cm³/mol. The van der Waals surface area contributed by atoms with Crippen molar-refractivity contribution in [1.29, 1.82) is 0 Å². The fraction of sp³-hybridized carbons (Fsp3) is 0.931. The molecule has 0 aromatic heterocycles. The molecule has 0 bridgehead atoms. The molecule has 198 valence electrons. The zero-order chi connectivity index (χ0) is 25.1. The number of hydrogen-bond acceptors (Lipinski definition) is 4. The Morgan fingerprint density at radius 1 is 0.971 bits per heavy atom. The molecule has 4 saturated carbocycles. The summed E-state index contributed by atoms with van der Waals surface area (Å²) in [5, 5.41) is 31.2. The number of hydrogen-bond donors (Lipinski definition) is 3.